The van der Waals surface area contributed by atoms with Crippen LogP contribution in [0.2, 0.25) is 0 Å². The fourth-order valence-corrected chi connectivity index (χ4v) is 3.81. The van der Waals surface area contributed by atoms with Crippen LogP contribution in [0.15, 0.2) is 91.8 Å². The van der Waals surface area contributed by atoms with Gasteiger partial charge < -0.3 is 9.26 Å². The van der Waals surface area contributed by atoms with Crippen LogP contribution in [-0.2, 0) is 23.0 Å². The SMILES string of the molecule is CS(=O)(=O)c1ccc(-c2cccc(COc3ccc(Cn4oc(=O)[nH]c4=O)cc3)c2)cc1. The lowest BCUT2D eigenvalue weighted by Crippen LogP contribution is -2.17. The van der Waals surface area contributed by atoms with Gasteiger partial charge in [0.25, 0.3) is 0 Å². The van der Waals surface area contributed by atoms with E-state index in [2.05, 4.69) is 0 Å². The second-order valence-electron chi connectivity index (χ2n) is 7.28. The topological polar surface area (TPSA) is 111 Å². The van der Waals surface area contributed by atoms with E-state index in [1.54, 1.807) is 48.5 Å². The molecule has 32 heavy (non-hydrogen) atoms. The maximum atomic E-state index is 11.6. The Morgan fingerprint density at radius 2 is 1.62 bits per heavy atom. The van der Waals surface area contributed by atoms with Crippen molar-refractivity contribution < 1.29 is 17.7 Å². The summed E-state index contributed by atoms with van der Waals surface area (Å²) in [6.45, 7) is 0.485. The summed E-state index contributed by atoms with van der Waals surface area (Å²) in [4.78, 5) is 24.9. The van der Waals surface area contributed by atoms with Gasteiger partial charge in [0, 0.05) is 6.26 Å². The van der Waals surface area contributed by atoms with Gasteiger partial charge in [-0.1, -0.05) is 42.5 Å². The zero-order chi connectivity index (χ0) is 22.7. The lowest BCUT2D eigenvalue weighted by molar-refractivity contribution is 0.258. The standard InChI is InChI=1S/C23H20N2O6S/c1-32(28,29)21-11-7-18(8-12-21)19-4-2-3-17(13-19)15-30-20-9-5-16(6-10-20)14-25-22(26)24-23(27)31-25/h2-13H,14-15H2,1H3,(H,24,26,27). The number of H-pyrrole nitrogens is 1. The predicted octanol–water partition coefficient (Wildman–Crippen LogP) is 2.83. The maximum absolute atomic E-state index is 11.6. The molecule has 0 atom stereocenters. The van der Waals surface area contributed by atoms with Crippen molar-refractivity contribution in [1.29, 1.82) is 0 Å². The molecule has 0 saturated heterocycles. The van der Waals surface area contributed by atoms with Crippen molar-refractivity contribution in [3.05, 3.63) is 105 Å². The highest BCUT2D eigenvalue weighted by Gasteiger charge is 2.08. The first kappa shape index (κ1) is 21.4. The molecular weight excluding hydrogens is 432 g/mol. The molecule has 1 heterocycles. The number of hydrogen-bond donors (Lipinski definition) is 1. The van der Waals surface area contributed by atoms with E-state index < -0.39 is 21.3 Å². The lowest BCUT2D eigenvalue weighted by atomic mass is 10.0. The Labute approximate surface area is 183 Å². The molecule has 4 rings (SSSR count). The van der Waals surface area contributed by atoms with E-state index in [0.717, 1.165) is 27.0 Å². The number of nitrogens with one attached hydrogen (secondary N) is 1. The van der Waals surface area contributed by atoms with E-state index in [-0.39, 0.29) is 11.4 Å². The van der Waals surface area contributed by atoms with Crippen molar-refractivity contribution in [3.8, 4) is 16.9 Å². The Morgan fingerprint density at radius 1 is 0.906 bits per heavy atom. The van der Waals surface area contributed by atoms with Gasteiger partial charge in [0.2, 0.25) is 0 Å². The van der Waals surface area contributed by atoms with Crippen molar-refractivity contribution in [2.24, 2.45) is 0 Å². The first-order valence-corrected chi connectivity index (χ1v) is 11.6. The van der Waals surface area contributed by atoms with Crippen LogP contribution in [0, 0.1) is 0 Å². The van der Waals surface area contributed by atoms with Gasteiger partial charge in [-0.2, -0.15) is 0 Å². The van der Waals surface area contributed by atoms with Crippen LogP contribution in [0.25, 0.3) is 11.1 Å². The number of nitrogens with zero attached hydrogens (tertiary/aromatic N) is 1. The molecule has 0 radical (unpaired) electrons. The van der Waals surface area contributed by atoms with Gasteiger partial charge in [-0.3, -0.25) is 0 Å². The normalized spacial score (nSPS) is 11.4. The smallest absolute Gasteiger partial charge is 0.440 e. The molecule has 0 bridgehead atoms. The molecule has 0 saturated carbocycles. The van der Waals surface area contributed by atoms with Crippen LogP contribution >= 0.6 is 0 Å². The molecule has 0 aliphatic rings. The molecule has 0 unspecified atom stereocenters. The molecule has 0 spiro atoms. The van der Waals surface area contributed by atoms with Crippen LogP contribution in [0.4, 0.5) is 0 Å². The molecule has 9 heteroatoms. The van der Waals surface area contributed by atoms with Gasteiger partial charge in [0.05, 0.1) is 11.4 Å². The van der Waals surface area contributed by atoms with E-state index >= 15 is 0 Å². The summed E-state index contributed by atoms with van der Waals surface area (Å²) >= 11 is 0. The molecule has 8 nitrogen and oxygen atoms in total. The quantitative estimate of drug-likeness (QED) is 0.462. The van der Waals surface area contributed by atoms with Gasteiger partial charge in [-0.05, 0) is 52.6 Å². The highest BCUT2D eigenvalue weighted by molar-refractivity contribution is 7.90. The zero-order valence-electron chi connectivity index (χ0n) is 17.1. The van der Waals surface area contributed by atoms with Gasteiger partial charge in [0.1, 0.15) is 12.4 Å². The third kappa shape index (κ3) is 5.06. The summed E-state index contributed by atoms with van der Waals surface area (Å²) in [5, 5.41) is 0. The molecule has 4 aromatic rings. The van der Waals surface area contributed by atoms with Crippen molar-refractivity contribution in [1.82, 2.24) is 9.72 Å². The second-order valence-corrected chi connectivity index (χ2v) is 9.29. The largest absolute Gasteiger partial charge is 0.489 e. The molecule has 0 amide bonds. The van der Waals surface area contributed by atoms with Crippen molar-refractivity contribution >= 4 is 9.84 Å². The van der Waals surface area contributed by atoms with Gasteiger partial charge >= 0.3 is 11.4 Å². The van der Waals surface area contributed by atoms with Crippen molar-refractivity contribution in [2.45, 2.75) is 18.0 Å². The molecule has 3 aromatic carbocycles. The number of aromatic amines is 1. The van der Waals surface area contributed by atoms with Crippen LogP contribution < -0.4 is 16.2 Å². The second kappa shape index (κ2) is 8.72. The summed E-state index contributed by atoms with van der Waals surface area (Å²) in [7, 11) is -3.23. The molecule has 1 aromatic heterocycles. The summed E-state index contributed by atoms with van der Waals surface area (Å²) in [6.07, 6.45) is 1.18. The minimum atomic E-state index is -3.23. The molecule has 1 N–H and O–H groups in total. The van der Waals surface area contributed by atoms with Gasteiger partial charge in [-0.25, -0.2) is 23.0 Å². The summed E-state index contributed by atoms with van der Waals surface area (Å²) in [5.41, 5.74) is 3.01. The number of ether oxygens (including phenoxy) is 1. The van der Waals surface area contributed by atoms with E-state index in [1.165, 1.54) is 6.26 Å². The predicted molar refractivity (Wildman–Crippen MR) is 118 cm³/mol. The van der Waals surface area contributed by atoms with E-state index in [0.29, 0.717) is 12.4 Å². The highest BCUT2D eigenvalue weighted by Crippen LogP contribution is 2.23. The van der Waals surface area contributed by atoms with E-state index in [9.17, 15) is 18.0 Å². The zero-order valence-corrected chi connectivity index (χ0v) is 18.0. The summed E-state index contributed by atoms with van der Waals surface area (Å²) in [6, 6.07) is 21.7. The number of aromatic nitrogens is 2. The van der Waals surface area contributed by atoms with Crippen LogP contribution in [0.3, 0.4) is 0 Å². The fourth-order valence-electron chi connectivity index (χ4n) is 3.18. The highest BCUT2D eigenvalue weighted by atomic mass is 32.2. The number of hydrogen-bond acceptors (Lipinski definition) is 6. The monoisotopic (exact) mass is 452 g/mol. The molecule has 0 aliphatic heterocycles. The number of benzene rings is 3. The Morgan fingerprint density at radius 3 is 2.25 bits per heavy atom. The van der Waals surface area contributed by atoms with Crippen LogP contribution in [-0.4, -0.2) is 24.4 Å². The number of sulfone groups is 1. The first-order chi connectivity index (χ1) is 15.3. The van der Waals surface area contributed by atoms with E-state index in [1.807, 2.05) is 29.2 Å². The van der Waals surface area contributed by atoms with Crippen molar-refractivity contribution in [2.75, 3.05) is 6.26 Å². The first-order valence-electron chi connectivity index (χ1n) is 9.69. The lowest BCUT2D eigenvalue weighted by Gasteiger charge is -2.09. The van der Waals surface area contributed by atoms with Crippen LogP contribution in [0.1, 0.15) is 11.1 Å². The summed E-state index contributed by atoms with van der Waals surface area (Å²) < 4.78 is 34.8. The fraction of sp³-hybridized carbons (Fsp3) is 0.130. The Hall–Kier alpha value is -3.85. The average Bonchev–Trinajstić information content (AvgIpc) is 3.09. The molecule has 0 fully saturated rings. The number of rotatable bonds is 7. The van der Waals surface area contributed by atoms with Crippen molar-refractivity contribution in [3.63, 3.8) is 0 Å². The van der Waals surface area contributed by atoms with Gasteiger partial charge in [0.15, 0.2) is 9.84 Å². The Bertz CT molecular complexity index is 1450. The third-order valence-electron chi connectivity index (χ3n) is 4.83. The van der Waals surface area contributed by atoms with Gasteiger partial charge in [-0.15, -0.1) is 4.74 Å². The van der Waals surface area contributed by atoms with Crippen LogP contribution in [0.5, 0.6) is 5.75 Å². The Balaban J connectivity index is 1.41. The third-order valence-corrected chi connectivity index (χ3v) is 5.95. The molecule has 0 aliphatic carbocycles. The average molecular weight is 452 g/mol. The molecule has 164 valence electrons. The maximum Gasteiger partial charge on any atom is 0.440 e. The minimum absolute atomic E-state index is 0.137. The summed E-state index contributed by atoms with van der Waals surface area (Å²) in [5.74, 6) is -0.136. The Kier molecular flexibility index (Phi) is 5.83. The molecular formula is C23H20N2O6S. The minimum Gasteiger partial charge on any atom is -0.489 e. The van der Waals surface area contributed by atoms with E-state index in [4.69, 9.17) is 9.26 Å².